The van der Waals surface area contributed by atoms with Gasteiger partial charge in [0.2, 0.25) is 4.77 Å². The van der Waals surface area contributed by atoms with Crippen molar-refractivity contribution in [2.75, 3.05) is 38.2 Å². The van der Waals surface area contributed by atoms with Gasteiger partial charge in [0.15, 0.2) is 12.5 Å². The smallest absolute Gasteiger partial charge is 0.274 e. The molecule has 0 aliphatic carbocycles. The van der Waals surface area contributed by atoms with Crippen LogP contribution in [-0.2, 0) is 13.7 Å². The molecule has 8 heteroatoms. The van der Waals surface area contributed by atoms with Crippen LogP contribution in [0.15, 0.2) is 48.7 Å². The minimum Gasteiger partial charge on any atom is -0.497 e. The highest BCUT2D eigenvalue weighted by Gasteiger charge is 2.26. The maximum Gasteiger partial charge on any atom is 0.274 e. The van der Waals surface area contributed by atoms with Crippen molar-refractivity contribution in [3.8, 4) is 17.1 Å². The maximum absolute atomic E-state index is 5.64. The standard InChI is InChI=1S/C20H24N6OS/c1-23-19(16-6-8-17(27-2)9-7-16)22-26(20(23)28)15-24-11-13-25(14-12-24)18-5-3-4-10-21-18/h3-10H,11-15H2,1-2H3/p+2. The Morgan fingerprint density at radius 2 is 1.89 bits per heavy atom. The van der Waals surface area contributed by atoms with Crippen molar-refractivity contribution in [1.82, 2.24) is 14.3 Å². The molecule has 1 aliphatic rings. The van der Waals surface area contributed by atoms with E-state index < -0.39 is 0 Å². The summed E-state index contributed by atoms with van der Waals surface area (Å²) in [5, 5.41) is 4.80. The van der Waals surface area contributed by atoms with Crippen LogP contribution in [0.25, 0.3) is 11.4 Å². The Kier molecular flexibility index (Phi) is 5.40. The first-order valence-corrected chi connectivity index (χ1v) is 9.90. The lowest BCUT2D eigenvalue weighted by Gasteiger charge is -2.27. The van der Waals surface area contributed by atoms with Gasteiger partial charge in [-0.15, -0.1) is 5.10 Å². The Morgan fingerprint density at radius 1 is 1.14 bits per heavy atom. The molecule has 28 heavy (non-hydrogen) atoms. The summed E-state index contributed by atoms with van der Waals surface area (Å²) in [4.78, 5) is 7.20. The molecule has 2 aromatic heterocycles. The molecule has 1 saturated heterocycles. The Labute approximate surface area is 169 Å². The molecule has 2 N–H and O–H groups in total. The SMILES string of the molecule is COc1ccc(-c2nn(C[NH+]3CCN(c4cccc[nH+]4)CC3)c(=S)n2C)cc1. The van der Waals surface area contributed by atoms with E-state index in [1.807, 2.05) is 52.8 Å². The van der Waals surface area contributed by atoms with E-state index in [0.717, 1.165) is 54.8 Å². The van der Waals surface area contributed by atoms with Crippen molar-refractivity contribution in [2.45, 2.75) is 6.67 Å². The zero-order valence-corrected chi connectivity index (χ0v) is 17.1. The summed E-state index contributed by atoms with van der Waals surface area (Å²) in [6.45, 7) is 4.93. The van der Waals surface area contributed by atoms with Crippen LogP contribution in [0.4, 0.5) is 5.82 Å². The fraction of sp³-hybridized carbons (Fsp3) is 0.350. The number of aromatic amines is 1. The van der Waals surface area contributed by atoms with E-state index in [2.05, 4.69) is 22.0 Å². The van der Waals surface area contributed by atoms with Crippen molar-refractivity contribution in [2.24, 2.45) is 7.05 Å². The zero-order valence-electron chi connectivity index (χ0n) is 16.3. The third kappa shape index (κ3) is 3.79. The van der Waals surface area contributed by atoms with Crippen LogP contribution in [0.2, 0.25) is 0 Å². The van der Waals surface area contributed by atoms with Crippen LogP contribution in [0, 0.1) is 4.77 Å². The summed E-state index contributed by atoms with van der Waals surface area (Å²) < 4.78 is 9.92. The van der Waals surface area contributed by atoms with Crippen molar-refractivity contribution < 1.29 is 14.6 Å². The first-order chi connectivity index (χ1) is 13.7. The number of quaternary nitrogens is 1. The quantitative estimate of drug-likeness (QED) is 0.646. The number of hydrogen-bond acceptors (Lipinski definition) is 4. The lowest BCUT2D eigenvalue weighted by Crippen LogP contribution is -3.14. The molecule has 0 spiro atoms. The Bertz CT molecular complexity index is 974. The fourth-order valence-corrected chi connectivity index (χ4v) is 3.79. The molecule has 7 nitrogen and oxygen atoms in total. The number of nitrogens with one attached hydrogen (secondary N) is 2. The molecule has 0 bridgehead atoms. The summed E-state index contributed by atoms with van der Waals surface area (Å²) >= 11 is 5.64. The van der Waals surface area contributed by atoms with Gasteiger partial charge in [-0.2, -0.15) is 4.68 Å². The topological polar surface area (TPSA) is 53.8 Å². The molecule has 0 saturated carbocycles. The van der Waals surface area contributed by atoms with Gasteiger partial charge in [-0.05, 0) is 42.5 Å². The first-order valence-electron chi connectivity index (χ1n) is 9.49. The molecule has 4 rings (SSSR count). The molecule has 146 valence electrons. The molecule has 0 amide bonds. The third-order valence-electron chi connectivity index (χ3n) is 5.27. The Balaban J connectivity index is 1.45. The Hall–Kier alpha value is -2.71. The van der Waals surface area contributed by atoms with Crippen LogP contribution in [0.1, 0.15) is 0 Å². The average molecular weight is 399 g/mol. The lowest BCUT2D eigenvalue weighted by molar-refractivity contribution is -0.924. The van der Waals surface area contributed by atoms with Gasteiger partial charge in [0, 0.05) is 18.7 Å². The molecule has 3 heterocycles. The predicted molar refractivity (Wildman–Crippen MR) is 110 cm³/mol. The molecule has 0 radical (unpaired) electrons. The van der Waals surface area contributed by atoms with E-state index >= 15 is 0 Å². The van der Waals surface area contributed by atoms with Gasteiger partial charge in [0.1, 0.15) is 31.9 Å². The van der Waals surface area contributed by atoms with Crippen LogP contribution in [0.5, 0.6) is 5.75 Å². The summed E-state index contributed by atoms with van der Waals surface area (Å²) in [6, 6.07) is 14.1. The predicted octanol–water partition coefficient (Wildman–Crippen LogP) is 0.803. The summed E-state index contributed by atoms with van der Waals surface area (Å²) in [6.07, 6.45) is 1.97. The average Bonchev–Trinajstić information content (AvgIpc) is 3.03. The van der Waals surface area contributed by atoms with Crippen molar-refractivity contribution in [3.63, 3.8) is 0 Å². The van der Waals surface area contributed by atoms with Crippen molar-refractivity contribution in [1.29, 1.82) is 0 Å². The lowest BCUT2D eigenvalue weighted by atomic mass is 10.2. The molecule has 0 unspecified atom stereocenters. The minimum absolute atomic E-state index is 0.747. The monoisotopic (exact) mass is 398 g/mol. The van der Waals surface area contributed by atoms with E-state index in [4.69, 9.17) is 22.1 Å². The fourth-order valence-electron chi connectivity index (χ4n) is 3.60. The zero-order chi connectivity index (χ0) is 19.5. The van der Waals surface area contributed by atoms with Gasteiger partial charge in [-0.25, -0.2) is 4.98 Å². The molecular formula is C20H26N6OS+2. The van der Waals surface area contributed by atoms with E-state index in [1.165, 1.54) is 10.7 Å². The molecule has 0 atom stereocenters. The van der Waals surface area contributed by atoms with Crippen molar-refractivity contribution in [3.05, 3.63) is 53.4 Å². The van der Waals surface area contributed by atoms with Gasteiger partial charge < -0.3 is 14.2 Å². The van der Waals surface area contributed by atoms with Gasteiger partial charge in [-0.1, -0.05) is 6.07 Å². The van der Waals surface area contributed by atoms with E-state index in [0.29, 0.717) is 0 Å². The molecule has 1 fully saturated rings. The summed E-state index contributed by atoms with van der Waals surface area (Å²) in [5.74, 6) is 2.89. The number of benzene rings is 1. The normalized spacial score (nSPS) is 15.0. The number of pyridine rings is 1. The largest absolute Gasteiger partial charge is 0.497 e. The second-order valence-electron chi connectivity index (χ2n) is 7.04. The molecule has 1 aliphatic heterocycles. The molecule has 1 aromatic carbocycles. The highest BCUT2D eigenvalue weighted by Crippen LogP contribution is 2.20. The van der Waals surface area contributed by atoms with Gasteiger partial charge >= 0.3 is 0 Å². The number of H-pyrrole nitrogens is 1. The molecule has 3 aromatic rings. The Morgan fingerprint density at radius 3 is 2.54 bits per heavy atom. The number of nitrogens with zero attached hydrogens (tertiary/aromatic N) is 4. The van der Waals surface area contributed by atoms with Crippen LogP contribution in [0.3, 0.4) is 0 Å². The first kappa shape index (κ1) is 18.6. The highest BCUT2D eigenvalue weighted by atomic mass is 32.1. The second-order valence-corrected chi connectivity index (χ2v) is 7.40. The van der Waals surface area contributed by atoms with Gasteiger partial charge in [-0.3, -0.25) is 4.90 Å². The molecular weight excluding hydrogens is 372 g/mol. The maximum atomic E-state index is 5.64. The van der Waals surface area contributed by atoms with Crippen LogP contribution in [-0.4, -0.2) is 47.6 Å². The third-order valence-corrected chi connectivity index (χ3v) is 5.75. The number of ether oxygens (including phenoxy) is 1. The van der Waals surface area contributed by atoms with E-state index in [1.54, 1.807) is 7.11 Å². The van der Waals surface area contributed by atoms with Crippen LogP contribution >= 0.6 is 12.2 Å². The summed E-state index contributed by atoms with van der Waals surface area (Å²) in [7, 11) is 3.65. The van der Waals surface area contributed by atoms with Gasteiger partial charge in [0.05, 0.1) is 13.3 Å². The highest BCUT2D eigenvalue weighted by molar-refractivity contribution is 7.71. The number of anilines is 1. The number of aromatic nitrogens is 4. The summed E-state index contributed by atoms with van der Waals surface area (Å²) in [5.41, 5.74) is 1.03. The van der Waals surface area contributed by atoms with E-state index in [-0.39, 0.29) is 0 Å². The second kappa shape index (κ2) is 8.12. The van der Waals surface area contributed by atoms with Crippen molar-refractivity contribution >= 4 is 18.0 Å². The van der Waals surface area contributed by atoms with E-state index in [9.17, 15) is 0 Å². The minimum atomic E-state index is 0.747. The number of hydrogen-bond donors (Lipinski definition) is 1. The number of methoxy groups -OCH3 is 1. The van der Waals surface area contributed by atoms with Gasteiger partial charge in [0.25, 0.3) is 5.82 Å². The van der Waals surface area contributed by atoms with Crippen LogP contribution < -0.4 is 19.5 Å². The number of rotatable bonds is 5. The number of piperazine rings is 1.